The number of aryl methyl sites for hydroxylation is 1. The molecule has 0 saturated heterocycles. The molecule has 0 amide bonds. The molecular formula is C16H15FN4O2S. The van der Waals surface area contributed by atoms with E-state index in [1.54, 1.807) is 12.1 Å². The first kappa shape index (κ1) is 16.4. The quantitative estimate of drug-likeness (QED) is 0.545. The van der Waals surface area contributed by atoms with E-state index in [1.165, 1.54) is 30.0 Å². The second-order valence-electron chi connectivity index (χ2n) is 5.10. The Labute approximate surface area is 141 Å². The van der Waals surface area contributed by atoms with Crippen molar-refractivity contribution < 1.29 is 8.91 Å². The van der Waals surface area contributed by atoms with Crippen LogP contribution in [-0.4, -0.2) is 20.1 Å². The average Bonchev–Trinajstić information content (AvgIpc) is 3.02. The molecule has 24 heavy (non-hydrogen) atoms. The lowest BCUT2D eigenvalue weighted by Gasteiger charge is -2.01. The van der Waals surface area contributed by atoms with Crippen LogP contribution in [0.4, 0.5) is 4.39 Å². The molecule has 0 spiro atoms. The van der Waals surface area contributed by atoms with Crippen molar-refractivity contribution >= 4 is 11.8 Å². The predicted molar refractivity (Wildman–Crippen MR) is 88.1 cm³/mol. The third kappa shape index (κ3) is 4.08. The van der Waals surface area contributed by atoms with Crippen LogP contribution in [0.2, 0.25) is 0 Å². The van der Waals surface area contributed by atoms with E-state index in [9.17, 15) is 9.18 Å². The average molecular weight is 346 g/mol. The topological polar surface area (TPSA) is 84.7 Å². The Morgan fingerprint density at radius 3 is 2.79 bits per heavy atom. The number of aromatic amines is 1. The highest BCUT2D eigenvalue weighted by Gasteiger charge is 2.10. The molecule has 0 aliphatic heterocycles. The number of nitrogens with one attached hydrogen (secondary N) is 1. The highest BCUT2D eigenvalue weighted by atomic mass is 32.2. The van der Waals surface area contributed by atoms with Crippen LogP contribution in [0, 0.1) is 5.82 Å². The van der Waals surface area contributed by atoms with E-state index in [0.717, 1.165) is 18.5 Å². The summed E-state index contributed by atoms with van der Waals surface area (Å²) < 4.78 is 18.1. The molecule has 0 radical (unpaired) electrons. The summed E-state index contributed by atoms with van der Waals surface area (Å²) in [4.78, 5) is 23.0. The van der Waals surface area contributed by atoms with Gasteiger partial charge >= 0.3 is 0 Å². The minimum absolute atomic E-state index is 0.170. The van der Waals surface area contributed by atoms with Crippen molar-refractivity contribution in [2.75, 3.05) is 0 Å². The van der Waals surface area contributed by atoms with Gasteiger partial charge in [0.1, 0.15) is 5.82 Å². The number of hydrogen-bond acceptors (Lipinski definition) is 6. The Bertz CT molecular complexity index is 876. The van der Waals surface area contributed by atoms with Crippen LogP contribution in [0.25, 0.3) is 11.5 Å². The molecule has 3 aromatic rings. The van der Waals surface area contributed by atoms with Gasteiger partial charge in [-0.1, -0.05) is 30.3 Å². The lowest BCUT2D eigenvalue weighted by molar-refractivity contribution is 0.425. The zero-order chi connectivity index (χ0) is 16.9. The zero-order valence-electron chi connectivity index (χ0n) is 13.0. The maximum atomic E-state index is 12.9. The third-order valence-corrected chi connectivity index (χ3v) is 4.05. The molecule has 0 saturated carbocycles. The molecule has 124 valence electrons. The second-order valence-corrected chi connectivity index (χ2v) is 6.07. The fraction of sp³-hybridized carbons (Fsp3) is 0.250. The van der Waals surface area contributed by atoms with E-state index in [0.29, 0.717) is 28.2 Å². The summed E-state index contributed by atoms with van der Waals surface area (Å²) in [5, 5.41) is 4.42. The normalized spacial score (nSPS) is 10.9. The summed E-state index contributed by atoms with van der Waals surface area (Å²) in [5.74, 6) is 0.883. The molecular weight excluding hydrogens is 331 g/mol. The van der Waals surface area contributed by atoms with Crippen molar-refractivity contribution in [3.63, 3.8) is 0 Å². The van der Waals surface area contributed by atoms with Gasteiger partial charge in [-0.25, -0.2) is 9.37 Å². The van der Waals surface area contributed by atoms with Crippen molar-refractivity contribution in [3.8, 4) is 11.5 Å². The smallest absolute Gasteiger partial charge is 0.257 e. The summed E-state index contributed by atoms with van der Waals surface area (Å²) in [7, 11) is 0. The van der Waals surface area contributed by atoms with Crippen LogP contribution in [0.15, 0.2) is 44.8 Å². The van der Waals surface area contributed by atoms with Gasteiger partial charge in [-0.05, 0) is 30.7 Å². The standard InChI is InChI=1S/C16H15FN4O2S/c1-2-3-12-8-14(22)20-16(18-12)24-9-13-19-15(23-21-13)10-4-6-11(17)7-5-10/h4-8H,2-3,9H2,1H3,(H,18,20,22). The van der Waals surface area contributed by atoms with Crippen LogP contribution in [0.5, 0.6) is 0 Å². The Balaban J connectivity index is 1.69. The monoisotopic (exact) mass is 346 g/mol. The van der Waals surface area contributed by atoms with E-state index in [-0.39, 0.29) is 11.4 Å². The van der Waals surface area contributed by atoms with Gasteiger partial charge in [0.15, 0.2) is 11.0 Å². The molecule has 0 unspecified atom stereocenters. The molecule has 1 aromatic carbocycles. The van der Waals surface area contributed by atoms with Crippen molar-refractivity contribution in [2.24, 2.45) is 0 Å². The highest BCUT2D eigenvalue weighted by Crippen LogP contribution is 2.21. The van der Waals surface area contributed by atoms with E-state index in [1.807, 2.05) is 6.92 Å². The number of hydrogen-bond donors (Lipinski definition) is 1. The molecule has 3 rings (SSSR count). The minimum Gasteiger partial charge on any atom is -0.334 e. The lowest BCUT2D eigenvalue weighted by atomic mass is 10.2. The van der Waals surface area contributed by atoms with E-state index in [4.69, 9.17) is 4.52 Å². The minimum atomic E-state index is -0.323. The van der Waals surface area contributed by atoms with Gasteiger partial charge < -0.3 is 9.51 Å². The van der Waals surface area contributed by atoms with Gasteiger partial charge in [-0.15, -0.1) is 0 Å². The molecule has 0 fully saturated rings. The molecule has 8 heteroatoms. The van der Waals surface area contributed by atoms with Crippen LogP contribution in [0.1, 0.15) is 24.9 Å². The molecule has 6 nitrogen and oxygen atoms in total. The van der Waals surface area contributed by atoms with Gasteiger partial charge in [0.05, 0.1) is 5.75 Å². The maximum absolute atomic E-state index is 12.9. The fourth-order valence-corrected chi connectivity index (χ4v) is 2.83. The number of halogens is 1. The maximum Gasteiger partial charge on any atom is 0.257 e. The SMILES string of the molecule is CCCc1cc(=O)[nH]c(SCc2noc(-c3ccc(F)cc3)n2)n1. The lowest BCUT2D eigenvalue weighted by Crippen LogP contribution is -2.10. The van der Waals surface area contributed by atoms with Gasteiger partial charge in [0.2, 0.25) is 0 Å². The first-order valence-corrected chi connectivity index (χ1v) is 8.44. The first-order chi connectivity index (χ1) is 11.6. The summed E-state index contributed by atoms with van der Waals surface area (Å²) in [6, 6.07) is 7.33. The second kappa shape index (κ2) is 7.39. The Morgan fingerprint density at radius 1 is 1.25 bits per heavy atom. The Kier molecular flexibility index (Phi) is 5.05. The summed E-state index contributed by atoms with van der Waals surface area (Å²) in [6.45, 7) is 2.03. The van der Waals surface area contributed by atoms with Crippen LogP contribution < -0.4 is 5.56 Å². The Hall–Kier alpha value is -2.48. The summed E-state index contributed by atoms with van der Waals surface area (Å²) in [6.07, 6.45) is 1.68. The number of thioether (sulfide) groups is 1. The van der Waals surface area contributed by atoms with Gasteiger partial charge in [0.25, 0.3) is 11.4 Å². The first-order valence-electron chi connectivity index (χ1n) is 7.45. The summed E-state index contributed by atoms with van der Waals surface area (Å²) in [5.41, 5.74) is 1.25. The van der Waals surface area contributed by atoms with Crippen LogP contribution in [0.3, 0.4) is 0 Å². The molecule has 0 bridgehead atoms. The number of nitrogens with zero attached hydrogens (tertiary/aromatic N) is 3. The number of H-pyrrole nitrogens is 1. The van der Waals surface area contributed by atoms with Crippen LogP contribution >= 0.6 is 11.8 Å². The van der Waals surface area contributed by atoms with Crippen molar-refractivity contribution in [1.82, 2.24) is 20.1 Å². The molecule has 0 aliphatic rings. The molecule has 0 atom stereocenters. The molecule has 2 aromatic heterocycles. The van der Waals surface area contributed by atoms with E-state index < -0.39 is 0 Å². The van der Waals surface area contributed by atoms with Gasteiger partial charge in [0, 0.05) is 17.3 Å². The van der Waals surface area contributed by atoms with E-state index in [2.05, 4.69) is 20.1 Å². The fourth-order valence-electron chi connectivity index (χ4n) is 2.09. The number of benzene rings is 1. The zero-order valence-corrected chi connectivity index (χ0v) is 13.8. The third-order valence-electron chi connectivity index (χ3n) is 3.18. The van der Waals surface area contributed by atoms with Crippen molar-refractivity contribution in [1.29, 1.82) is 0 Å². The number of aromatic nitrogens is 4. The number of rotatable bonds is 6. The largest absolute Gasteiger partial charge is 0.334 e. The van der Waals surface area contributed by atoms with Gasteiger partial charge in [-0.3, -0.25) is 4.79 Å². The van der Waals surface area contributed by atoms with Crippen molar-refractivity contribution in [3.05, 3.63) is 58.0 Å². The Morgan fingerprint density at radius 2 is 2.04 bits per heavy atom. The molecule has 2 heterocycles. The molecule has 1 N–H and O–H groups in total. The van der Waals surface area contributed by atoms with Crippen LogP contribution in [-0.2, 0) is 12.2 Å². The van der Waals surface area contributed by atoms with Crippen molar-refractivity contribution in [2.45, 2.75) is 30.7 Å². The predicted octanol–water partition coefficient (Wildman–Crippen LogP) is 3.20. The molecule has 0 aliphatic carbocycles. The van der Waals surface area contributed by atoms with Gasteiger partial charge in [-0.2, -0.15) is 4.98 Å². The summed E-state index contributed by atoms with van der Waals surface area (Å²) >= 11 is 1.33. The van der Waals surface area contributed by atoms with E-state index >= 15 is 0 Å². The highest BCUT2D eigenvalue weighted by molar-refractivity contribution is 7.98.